The predicted octanol–water partition coefficient (Wildman–Crippen LogP) is 4.01. The van der Waals surface area contributed by atoms with Gasteiger partial charge < -0.3 is 29.6 Å². The second kappa shape index (κ2) is 12.8. The molecular weight excluding hydrogens is 516 g/mol. The zero-order valence-electron chi connectivity index (χ0n) is 20.6. The van der Waals surface area contributed by atoms with Gasteiger partial charge in [0.05, 0.1) is 24.0 Å². The van der Waals surface area contributed by atoms with Gasteiger partial charge in [-0.1, -0.05) is 18.2 Å². The van der Waals surface area contributed by atoms with Crippen LogP contribution in [0.1, 0.15) is 5.56 Å². The first-order valence-corrected chi connectivity index (χ1v) is 13.0. The number of benzene rings is 3. The van der Waals surface area contributed by atoms with Crippen LogP contribution in [0.3, 0.4) is 0 Å². The van der Waals surface area contributed by atoms with E-state index in [1.807, 2.05) is 30.5 Å². The average Bonchev–Trinajstić information content (AvgIpc) is 3.39. The first kappa shape index (κ1) is 28.3. The number of hydrogen-bond acceptors (Lipinski definition) is 7. The highest BCUT2D eigenvalue weighted by Crippen LogP contribution is 2.32. The molecule has 4 rings (SSSR count). The molecule has 0 aliphatic heterocycles. The number of aromatic amines is 1. The average molecular weight is 547 g/mol. The normalized spacial score (nSPS) is 12.1. The largest absolute Gasteiger partial charge is 0.493 e. The van der Waals surface area contributed by atoms with E-state index in [0.717, 1.165) is 22.2 Å². The second-order valence-electron chi connectivity index (χ2n) is 8.28. The van der Waals surface area contributed by atoms with E-state index in [4.69, 9.17) is 14.2 Å². The van der Waals surface area contributed by atoms with Crippen LogP contribution in [-0.2, 0) is 16.3 Å². The Morgan fingerprint density at radius 2 is 1.65 bits per heavy atom. The van der Waals surface area contributed by atoms with Gasteiger partial charge in [-0.25, -0.2) is 8.42 Å². The number of methoxy groups -OCH3 is 2. The van der Waals surface area contributed by atoms with Crippen molar-refractivity contribution >= 4 is 33.1 Å². The summed E-state index contributed by atoms with van der Waals surface area (Å²) < 4.78 is 42.2. The van der Waals surface area contributed by atoms with Crippen LogP contribution in [0.25, 0.3) is 10.9 Å². The number of fused-ring (bicyclic) bond motifs is 1. The minimum absolute atomic E-state index is 0. The summed E-state index contributed by atoms with van der Waals surface area (Å²) in [5.41, 5.74) is 1.97. The van der Waals surface area contributed by atoms with Gasteiger partial charge >= 0.3 is 0 Å². The zero-order chi connectivity index (χ0) is 25.5. The second-order valence-corrected chi connectivity index (χ2v) is 10.2. The van der Waals surface area contributed by atoms with Gasteiger partial charge in [0.2, 0.25) is 9.84 Å². The van der Waals surface area contributed by atoms with E-state index in [9.17, 15) is 13.5 Å². The van der Waals surface area contributed by atoms with Crippen molar-refractivity contribution in [2.75, 3.05) is 33.9 Å². The Labute approximate surface area is 222 Å². The molecule has 0 bridgehead atoms. The Bertz CT molecular complexity index is 1410. The van der Waals surface area contributed by atoms with Crippen molar-refractivity contribution in [2.24, 2.45) is 0 Å². The number of rotatable bonds is 12. The molecule has 0 spiro atoms. The van der Waals surface area contributed by atoms with Crippen molar-refractivity contribution in [1.82, 2.24) is 10.3 Å². The van der Waals surface area contributed by atoms with Crippen LogP contribution in [0.2, 0.25) is 0 Å². The van der Waals surface area contributed by atoms with Crippen molar-refractivity contribution in [3.8, 4) is 17.2 Å². The molecule has 1 unspecified atom stereocenters. The van der Waals surface area contributed by atoms with Crippen molar-refractivity contribution in [2.45, 2.75) is 22.3 Å². The maximum Gasteiger partial charge on any atom is 0.206 e. The molecule has 10 heteroatoms. The fraction of sp³-hybridized carbons (Fsp3) is 0.259. The van der Waals surface area contributed by atoms with Gasteiger partial charge in [0.25, 0.3) is 0 Å². The lowest BCUT2D eigenvalue weighted by molar-refractivity contribution is 0.107. The Morgan fingerprint density at radius 1 is 0.919 bits per heavy atom. The molecule has 1 heterocycles. The maximum atomic E-state index is 13.0. The summed E-state index contributed by atoms with van der Waals surface area (Å²) in [6, 6.07) is 19.0. The topological polar surface area (TPSA) is 110 Å². The van der Waals surface area contributed by atoms with Crippen LogP contribution in [-0.4, -0.2) is 58.5 Å². The number of halogens is 1. The lowest BCUT2D eigenvalue weighted by atomic mass is 10.1. The molecule has 37 heavy (non-hydrogen) atoms. The predicted molar refractivity (Wildman–Crippen MR) is 145 cm³/mol. The third-order valence-electron chi connectivity index (χ3n) is 5.86. The van der Waals surface area contributed by atoms with E-state index in [0.29, 0.717) is 31.0 Å². The molecule has 3 aromatic carbocycles. The molecule has 198 valence electrons. The van der Waals surface area contributed by atoms with Gasteiger partial charge in [-0.15, -0.1) is 12.4 Å². The molecule has 0 fully saturated rings. The van der Waals surface area contributed by atoms with Crippen molar-refractivity contribution in [1.29, 1.82) is 0 Å². The monoisotopic (exact) mass is 546 g/mol. The van der Waals surface area contributed by atoms with E-state index in [1.54, 1.807) is 30.3 Å². The van der Waals surface area contributed by atoms with Crippen LogP contribution in [0.5, 0.6) is 17.2 Å². The fourth-order valence-corrected chi connectivity index (χ4v) is 5.16. The number of ether oxygens (including phenoxy) is 3. The molecular formula is C27H31ClN2O6S. The third-order valence-corrected chi connectivity index (χ3v) is 7.62. The molecule has 0 saturated heterocycles. The lowest BCUT2D eigenvalue weighted by Gasteiger charge is -2.14. The summed E-state index contributed by atoms with van der Waals surface area (Å²) >= 11 is 0. The Hall–Kier alpha value is -3.24. The molecule has 1 aromatic heterocycles. The number of sulfone groups is 1. The van der Waals surface area contributed by atoms with E-state index in [-0.39, 0.29) is 28.8 Å². The molecule has 0 saturated carbocycles. The van der Waals surface area contributed by atoms with Crippen LogP contribution in [0.15, 0.2) is 82.7 Å². The number of H-pyrrole nitrogens is 1. The summed E-state index contributed by atoms with van der Waals surface area (Å²) in [4.78, 5) is 3.48. The van der Waals surface area contributed by atoms with Crippen LogP contribution in [0.4, 0.5) is 0 Å². The van der Waals surface area contributed by atoms with Crippen molar-refractivity contribution in [3.63, 3.8) is 0 Å². The molecule has 1 atom stereocenters. The highest BCUT2D eigenvalue weighted by molar-refractivity contribution is 7.91. The minimum atomic E-state index is -3.69. The van der Waals surface area contributed by atoms with Crippen molar-refractivity contribution in [3.05, 3.63) is 78.5 Å². The SMILES string of the molecule is COc1ccc(S(=O)(=O)c2ccc(CCNCC(O)COc3cccc4[nH]ccc34)cc2)cc1OC.Cl. The first-order chi connectivity index (χ1) is 17.4. The van der Waals surface area contributed by atoms with Crippen molar-refractivity contribution < 1.29 is 27.7 Å². The van der Waals surface area contributed by atoms with Gasteiger partial charge in [0, 0.05) is 29.7 Å². The summed E-state index contributed by atoms with van der Waals surface area (Å²) in [7, 11) is -0.724. The summed E-state index contributed by atoms with van der Waals surface area (Å²) in [5.74, 6) is 1.56. The highest BCUT2D eigenvalue weighted by atomic mass is 35.5. The summed E-state index contributed by atoms with van der Waals surface area (Å²) in [6.07, 6.45) is 1.88. The summed E-state index contributed by atoms with van der Waals surface area (Å²) in [5, 5.41) is 14.5. The summed E-state index contributed by atoms with van der Waals surface area (Å²) in [6.45, 7) is 1.20. The molecule has 8 nitrogen and oxygen atoms in total. The van der Waals surface area contributed by atoms with Gasteiger partial charge in [-0.2, -0.15) is 0 Å². The number of aliphatic hydroxyl groups is 1. The van der Waals surface area contributed by atoms with Crippen LogP contribution in [0, 0.1) is 0 Å². The molecule has 3 N–H and O–H groups in total. The van der Waals surface area contributed by atoms with E-state index < -0.39 is 15.9 Å². The Kier molecular flexibility index (Phi) is 9.82. The van der Waals surface area contributed by atoms with E-state index >= 15 is 0 Å². The Balaban J connectivity index is 0.00000380. The first-order valence-electron chi connectivity index (χ1n) is 11.6. The molecule has 0 amide bonds. The number of aromatic nitrogens is 1. The standard InChI is InChI=1S/C27H30N2O6S.ClH/c1-33-26-11-10-22(16-27(26)34-2)36(31,32)21-8-6-19(7-9-21)12-14-28-17-20(30)18-35-25-5-3-4-24-23(25)13-15-29-24;/h3-11,13,15-16,20,28-30H,12,14,17-18H2,1-2H3;1H. The van der Waals surface area contributed by atoms with Gasteiger partial charge in [0.15, 0.2) is 11.5 Å². The van der Waals surface area contributed by atoms with E-state index in [2.05, 4.69) is 10.3 Å². The highest BCUT2D eigenvalue weighted by Gasteiger charge is 2.20. The maximum absolute atomic E-state index is 13.0. The number of nitrogens with one attached hydrogen (secondary N) is 2. The molecule has 4 aromatic rings. The third kappa shape index (κ3) is 6.75. The molecule has 0 radical (unpaired) electrons. The minimum Gasteiger partial charge on any atom is -0.493 e. The van der Waals surface area contributed by atoms with Gasteiger partial charge in [-0.3, -0.25) is 0 Å². The van der Waals surface area contributed by atoms with E-state index in [1.165, 1.54) is 26.4 Å². The quantitative estimate of drug-likeness (QED) is 0.230. The fourth-order valence-electron chi connectivity index (χ4n) is 3.88. The smallest absolute Gasteiger partial charge is 0.206 e. The van der Waals surface area contributed by atoms with Crippen LogP contribution < -0.4 is 19.5 Å². The number of hydrogen-bond donors (Lipinski definition) is 3. The molecule has 0 aliphatic carbocycles. The number of aliphatic hydroxyl groups excluding tert-OH is 1. The van der Waals surface area contributed by atoms with Gasteiger partial charge in [0.1, 0.15) is 18.5 Å². The zero-order valence-corrected chi connectivity index (χ0v) is 22.3. The Morgan fingerprint density at radius 3 is 2.38 bits per heavy atom. The van der Waals surface area contributed by atoms with Crippen LogP contribution >= 0.6 is 12.4 Å². The van der Waals surface area contributed by atoms with Gasteiger partial charge in [-0.05, 0) is 61.0 Å². The lowest BCUT2D eigenvalue weighted by Crippen LogP contribution is -2.32. The molecule has 0 aliphatic rings.